The van der Waals surface area contributed by atoms with Gasteiger partial charge < -0.3 is 9.64 Å². The third-order valence-corrected chi connectivity index (χ3v) is 4.05. The molecular weight excluding hydrogens is 314 g/mol. The summed E-state index contributed by atoms with van der Waals surface area (Å²) in [6.45, 7) is 6.76. The summed E-state index contributed by atoms with van der Waals surface area (Å²) in [5.41, 5.74) is 2.62. The number of fused-ring (bicyclic) bond motifs is 1. The summed E-state index contributed by atoms with van der Waals surface area (Å²) in [4.78, 5) is 13.8. The van der Waals surface area contributed by atoms with Crippen LogP contribution < -0.4 is 0 Å². The molecule has 0 radical (unpaired) electrons. The molecule has 6 heteroatoms. The predicted molar refractivity (Wildman–Crippen MR) is 91.5 cm³/mol. The molecule has 0 saturated carbocycles. The molecular formula is C17H20ClN3O2. The highest BCUT2D eigenvalue weighted by Gasteiger charge is 2.24. The number of ether oxygens (including phenoxy) is 1. The number of benzene rings is 1. The lowest BCUT2D eigenvalue weighted by molar-refractivity contribution is 0.0270. The number of amides is 1. The Bertz CT molecular complexity index is 774. The molecule has 122 valence electrons. The molecule has 5 nitrogen and oxygen atoms in total. The maximum absolute atomic E-state index is 12.1. The van der Waals surface area contributed by atoms with Gasteiger partial charge in [-0.25, -0.2) is 4.79 Å². The Morgan fingerprint density at radius 1 is 1.39 bits per heavy atom. The number of carbonyl (C=O) groups excluding carboxylic acids is 1. The zero-order chi connectivity index (χ0) is 16.6. The smallest absolute Gasteiger partial charge is 0.410 e. The fraction of sp³-hybridized carbons (Fsp3) is 0.412. The van der Waals surface area contributed by atoms with E-state index in [-0.39, 0.29) is 6.09 Å². The van der Waals surface area contributed by atoms with Crippen molar-refractivity contribution in [1.82, 2.24) is 15.1 Å². The highest BCUT2D eigenvalue weighted by molar-refractivity contribution is 6.33. The van der Waals surface area contributed by atoms with Crippen LogP contribution in [-0.4, -0.2) is 39.9 Å². The van der Waals surface area contributed by atoms with E-state index in [0.29, 0.717) is 18.1 Å². The van der Waals surface area contributed by atoms with Crippen LogP contribution in [0.2, 0.25) is 5.02 Å². The van der Waals surface area contributed by atoms with Crippen LogP contribution in [0, 0.1) is 0 Å². The Labute approximate surface area is 140 Å². The maximum Gasteiger partial charge on any atom is 0.410 e. The summed E-state index contributed by atoms with van der Waals surface area (Å²) in [6, 6.07) is 3.93. The van der Waals surface area contributed by atoms with Crippen molar-refractivity contribution in [1.29, 1.82) is 0 Å². The van der Waals surface area contributed by atoms with Gasteiger partial charge in [-0.1, -0.05) is 17.7 Å². The molecule has 23 heavy (non-hydrogen) atoms. The number of nitrogens with zero attached hydrogens (tertiary/aromatic N) is 2. The molecule has 1 aromatic heterocycles. The standard InChI is InChI=1S/C17H20ClN3O2/c1-17(2,3)23-16(22)21-6-4-11(5-7-21)13-9-15-12(8-14(13)18)10-19-20-15/h4,8-10H,5-7H2,1-3H3,(H,19,20). The minimum absolute atomic E-state index is 0.275. The molecule has 1 aliphatic rings. The molecule has 0 fully saturated rings. The molecule has 1 N–H and O–H groups in total. The number of H-pyrrole nitrogens is 1. The van der Waals surface area contributed by atoms with Gasteiger partial charge in [0.1, 0.15) is 5.60 Å². The van der Waals surface area contributed by atoms with E-state index in [4.69, 9.17) is 16.3 Å². The van der Waals surface area contributed by atoms with Gasteiger partial charge in [-0.15, -0.1) is 0 Å². The summed E-state index contributed by atoms with van der Waals surface area (Å²) in [7, 11) is 0. The third-order valence-electron chi connectivity index (χ3n) is 3.73. The fourth-order valence-corrected chi connectivity index (χ4v) is 2.91. The quantitative estimate of drug-likeness (QED) is 0.849. The SMILES string of the molecule is CC(C)(C)OC(=O)N1CC=C(c2cc3[nH]ncc3cc2Cl)CC1. The third kappa shape index (κ3) is 3.50. The topological polar surface area (TPSA) is 58.2 Å². The molecule has 0 bridgehead atoms. The second-order valence-corrected chi connectivity index (χ2v) is 7.10. The van der Waals surface area contributed by atoms with Crippen LogP contribution in [0.15, 0.2) is 24.4 Å². The molecule has 0 aliphatic carbocycles. The van der Waals surface area contributed by atoms with Gasteiger partial charge >= 0.3 is 6.09 Å². The second-order valence-electron chi connectivity index (χ2n) is 6.70. The van der Waals surface area contributed by atoms with Crippen molar-refractivity contribution in [2.75, 3.05) is 13.1 Å². The Morgan fingerprint density at radius 2 is 2.17 bits per heavy atom. The molecule has 0 unspecified atom stereocenters. The summed E-state index contributed by atoms with van der Waals surface area (Å²) in [5, 5.41) is 8.68. The lowest BCUT2D eigenvalue weighted by Crippen LogP contribution is -2.39. The molecule has 3 rings (SSSR count). The zero-order valence-electron chi connectivity index (χ0n) is 13.5. The van der Waals surface area contributed by atoms with E-state index in [0.717, 1.165) is 28.5 Å². The normalized spacial score (nSPS) is 15.7. The Kier molecular flexibility index (Phi) is 4.06. The fourth-order valence-electron chi connectivity index (χ4n) is 2.62. The minimum Gasteiger partial charge on any atom is -0.444 e. The number of hydrogen-bond donors (Lipinski definition) is 1. The van der Waals surface area contributed by atoms with Gasteiger partial charge in [0, 0.05) is 23.5 Å². The summed E-state index contributed by atoms with van der Waals surface area (Å²) < 4.78 is 5.41. The van der Waals surface area contributed by atoms with Crippen molar-refractivity contribution in [3.63, 3.8) is 0 Å². The van der Waals surface area contributed by atoms with E-state index in [1.165, 1.54) is 0 Å². The molecule has 1 amide bonds. The Hall–Kier alpha value is -2.01. The van der Waals surface area contributed by atoms with Gasteiger partial charge in [-0.05, 0) is 50.5 Å². The van der Waals surface area contributed by atoms with Crippen LogP contribution in [0.1, 0.15) is 32.8 Å². The molecule has 0 atom stereocenters. The van der Waals surface area contributed by atoms with Crippen LogP contribution in [0.3, 0.4) is 0 Å². The van der Waals surface area contributed by atoms with Gasteiger partial charge in [-0.2, -0.15) is 5.10 Å². The van der Waals surface area contributed by atoms with Crippen LogP contribution >= 0.6 is 11.6 Å². The first-order chi connectivity index (χ1) is 10.8. The number of aromatic amines is 1. The average Bonchev–Trinajstić information content (AvgIpc) is 2.92. The largest absolute Gasteiger partial charge is 0.444 e. The van der Waals surface area contributed by atoms with E-state index < -0.39 is 5.60 Å². The van der Waals surface area contributed by atoms with Crippen LogP contribution in [0.25, 0.3) is 16.5 Å². The van der Waals surface area contributed by atoms with Crippen molar-refractivity contribution >= 4 is 34.2 Å². The van der Waals surface area contributed by atoms with Crippen LogP contribution in [-0.2, 0) is 4.74 Å². The lowest BCUT2D eigenvalue weighted by atomic mass is 9.98. The van der Waals surface area contributed by atoms with Crippen molar-refractivity contribution in [2.45, 2.75) is 32.8 Å². The summed E-state index contributed by atoms with van der Waals surface area (Å²) >= 11 is 6.39. The van der Waals surface area contributed by atoms with E-state index >= 15 is 0 Å². The van der Waals surface area contributed by atoms with Crippen molar-refractivity contribution < 1.29 is 9.53 Å². The van der Waals surface area contributed by atoms with Gasteiger partial charge in [0.05, 0.1) is 11.7 Å². The maximum atomic E-state index is 12.1. The molecule has 1 aliphatic heterocycles. The van der Waals surface area contributed by atoms with Gasteiger partial charge in [0.25, 0.3) is 0 Å². The number of aromatic nitrogens is 2. The monoisotopic (exact) mass is 333 g/mol. The van der Waals surface area contributed by atoms with E-state index in [2.05, 4.69) is 10.2 Å². The number of rotatable bonds is 1. The summed E-state index contributed by atoms with van der Waals surface area (Å²) in [5.74, 6) is 0. The first-order valence-electron chi connectivity index (χ1n) is 7.63. The van der Waals surface area contributed by atoms with E-state index in [9.17, 15) is 4.79 Å². The van der Waals surface area contributed by atoms with Crippen molar-refractivity contribution in [2.24, 2.45) is 0 Å². The average molecular weight is 334 g/mol. The second kappa shape index (κ2) is 5.89. The number of hydrogen-bond acceptors (Lipinski definition) is 3. The van der Waals surface area contributed by atoms with Gasteiger partial charge in [0.15, 0.2) is 0 Å². The highest BCUT2D eigenvalue weighted by atomic mass is 35.5. The zero-order valence-corrected chi connectivity index (χ0v) is 14.3. The Morgan fingerprint density at radius 3 is 2.83 bits per heavy atom. The van der Waals surface area contributed by atoms with Gasteiger partial charge in [0.2, 0.25) is 0 Å². The number of carbonyl (C=O) groups is 1. The first-order valence-corrected chi connectivity index (χ1v) is 8.01. The first kappa shape index (κ1) is 15.9. The van der Waals surface area contributed by atoms with E-state index in [1.54, 1.807) is 11.1 Å². The number of halogens is 1. The van der Waals surface area contributed by atoms with Crippen molar-refractivity contribution in [3.8, 4) is 0 Å². The molecule has 1 aromatic carbocycles. The molecule has 0 spiro atoms. The van der Waals surface area contributed by atoms with Crippen LogP contribution in [0.5, 0.6) is 0 Å². The lowest BCUT2D eigenvalue weighted by Gasteiger charge is -2.29. The van der Waals surface area contributed by atoms with E-state index in [1.807, 2.05) is 39.0 Å². The Balaban J connectivity index is 1.77. The highest BCUT2D eigenvalue weighted by Crippen LogP contribution is 2.32. The number of nitrogens with one attached hydrogen (secondary N) is 1. The molecule has 2 heterocycles. The molecule has 0 saturated heterocycles. The minimum atomic E-state index is -0.476. The van der Waals surface area contributed by atoms with Crippen LogP contribution in [0.4, 0.5) is 4.79 Å². The van der Waals surface area contributed by atoms with Crippen molar-refractivity contribution in [3.05, 3.63) is 35.0 Å². The van der Waals surface area contributed by atoms with Gasteiger partial charge in [-0.3, -0.25) is 5.10 Å². The predicted octanol–water partition coefficient (Wildman–Crippen LogP) is 4.24. The molecule has 2 aromatic rings. The summed E-state index contributed by atoms with van der Waals surface area (Å²) in [6.07, 6.45) is 4.27.